The van der Waals surface area contributed by atoms with Crippen molar-refractivity contribution in [3.8, 4) is 0 Å². The standard InChI is InChI=1S/C10H17N3O4S2/c14-8(11-5-9(15)16)4-13-10(17)12-3-7-6-18-1-2-19-7/h7H,1-6H2,(H,11,14)(H,15,16)(H2,12,13,17). The van der Waals surface area contributed by atoms with Gasteiger partial charge in [0.25, 0.3) is 0 Å². The van der Waals surface area contributed by atoms with E-state index in [-0.39, 0.29) is 6.54 Å². The van der Waals surface area contributed by atoms with E-state index in [1.807, 2.05) is 23.5 Å². The Balaban J connectivity index is 2.06. The minimum absolute atomic E-state index is 0.230. The zero-order valence-corrected chi connectivity index (χ0v) is 11.9. The van der Waals surface area contributed by atoms with Crippen molar-refractivity contribution in [2.75, 3.05) is 36.9 Å². The number of amides is 3. The van der Waals surface area contributed by atoms with Crippen LogP contribution < -0.4 is 16.0 Å². The third kappa shape index (κ3) is 7.83. The average molecular weight is 307 g/mol. The highest BCUT2D eigenvalue weighted by Gasteiger charge is 2.15. The smallest absolute Gasteiger partial charge is 0.322 e. The first-order valence-corrected chi connectivity index (χ1v) is 7.98. The van der Waals surface area contributed by atoms with Crippen LogP contribution in [0.1, 0.15) is 0 Å². The molecule has 0 aromatic carbocycles. The summed E-state index contributed by atoms with van der Waals surface area (Å²) in [5.41, 5.74) is 0. The Morgan fingerprint density at radius 1 is 1.11 bits per heavy atom. The van der Waals surface area contributed by atoms with Crippen molar-refractivity contribution < 1.29 is 19.5 Å². The number of urea groups is 1. The first kappa shape index (κ1) is 16.0. The first-order valence-electron chi connectivity index (χ1n) is 5.77. The predicted molar refractivity (Wildman–Crippen MR) is 75.6 cm³/mol. The third-order valence-electron chi connectivity index (χ3n) is 2.22. The number of carboxylic acids is 1. The molecule has 1 rings (SSSR count). The molecule has 108 valence electrons. The Bertz CT molecular complexity index is 335. The van der Waals surface area contributed by atoms with E-state index in [2.05, 4.69) is 16.0 Å². The van der Waals surface area contributed by atoms with Crippen molar-refractivity contribution in [2.45, 2.75) is 5.25 Å². The number of carbonyl (C=O) groups excluding carboxylic acids is 2. The monoisotopic (exact) mass is 307 g/mol. The maximum absolute atomic E-state index is 11.4. The van der Waals surface area contributed by atoms with Crippen molar-refractivity contribution in [1.29, 1.82) is 0 Å². The molecule has 7 nitrogen and oxygen atoms in total. The molecule has 1 atom stereocenters. The molecule has 4 N–H and O–H groups in total. The normalized spacial score (nSPS) is 18.4. The van der Waals surface area contributed by atoms with E-state index in [9.17, 15) is 14.4 Å². The van der Waals surface area contributed by atoms with Crippen molar-refractivity contribution in [3.05, 3.63) is 0 Å². The van der Waals surface area contributed by atoms with Crippen LogP contribution in [0.4, 0.5) is 4.79 Å². The van der Waals surface area contributed by atoms with Crippen LogP contribution in [0.2, 0.25) is 0 Å². The number of aliphatic carboxylic acids is 1. The Morgan fingerprint density at radius 3 is 2.53 bits per heavy atom. The fourth-order valence-corrected chi connectivity index (χ4v) is 3.93. The molecule has 0 aromatic rings. The summed E-state index contributed by atoms with van der Waals surface area (Å²) >= 11 is 3.70. The van der Waals surface area contributed by atoms with Gasteiger partial charge in [0.05, 0.1) is 6.54 Å². The van der Waals surface area contributed by atoms with Crippen molar-refractivity contribution in [2.24, 2.45) is 0 Å². The fraction of sp³-hybridized carbons (Fsp3) is 0.700. The van der Waals surface area contributed by atoms with Gasteiger partial charge in [-0.05, 0) is 0 Å². The molecule has 1 aliphatic heterocycles. The summed E-state index contributed by atoms with van der Waals surface area (Å²) in [5, 5.41) is 16.0. The quantitative estimate of drug-likeness (QED) is 0.519. The second-order valence-corrected chi connectivity index (χ2v) is 6.36. The Kier molecular flexibility index (Phi) is 7.49. The van der Waals surface area contributed by atoms with Gasteiger partial charge in [0.15, 0.2) is 0 Å². The molecule has 19 heavy (non-hydrogen) atoms. The SMILES string of the molecule is O=C(O)CNC(=O)CNC(=O)NCC1CSCCS1. The topological polar surface area (TPSA) is 108 Å². The number of thioether (sulfide) groups is 2. The molecule has 1 unspecified atom stereocenters. The van der Waals surface area contributed by atoms with E-state index >= 15 is 0 Å². The predicted octanol–water partition coefficient (Wildman–Crippen LogP) is -0.665. The molecule has 1 aliphatic rings. The molecule has 0 bridgehead atoms. The summed E-state index contributed by atoms with van der Waals surface area (Å²) in [7, 11) is 0. The highest BCUT2D eigenvalue weighted by molar-refractivity contribution is 8.06. The van der Waals surface area contributed by atoms with Crippen molar-refractivity contribution >= 4 is 41.4 Å². The molecule has 0 saturated carbocycles. The lowest BCUT2D eigenvalue weighted by Crippen LogP contribution is -2.45. The number of carbonyl (C=O) groups is 3. The molecule has 3 amide bonds. The molecule has 1 fully saturated rings. The van der Waals surface area contributed by atoms with Crippen LogP contribution in [0.3, 0.4) is 0 Å². The lowest BCUT2D eigenvalue weighted by atomic mass is 10.4. The van der Waals surface area contributed by atoms with Gasteiger partial charge in [-0.3, -0.25) is 9.59 Å². The largest absolute Gasteiger partial charge is 0.480 e. The Hall–Kier alpha value is -1.09. The van der Waals surface area contributed by atoms with Gasteiger partial charge in [-0.2, -0.15) is 23.5 Å². The van der Waals surface area contributed by atoms with Gasteiger partial charge in [0, 0.05) is 29.1 Å². The van der Waals surface area contributed by atoms with E-state index < -0.39 is 24.5 Å². The fourth-order valence-electron chi connectivity index (χ4n) is 1.32. The lowest BCUT2D eigenvalue weighted by molar-refractivity contribution is -0.137. The van der Waals surface area contributed by atoms with Crippen LogP contribution >= 0.6 is 23.5 Å². The molecule has 1 saturated heterocycles. The highest BCUT2D eigenvalue weighted by atomic mass is 32.2. The number of hydrogen-bond acceptors (Lipinski definition) is 5. The van der Waals surface area contributed by atoms with Gasteiger partial charge >= 0.3 is 12.0 Å². The zero-order valence-electron chi connectivity index (χ0n) is 10.3. The van der Waals surface area contributed by atoms with E-state index in [1.54, 1.807) is 0 Å². The number of carboxylic acid groups (broad SMARTS) is 1. The van der Waals surface area contributed by atoms with Crippen LogP contribution in [-0.4, -0.2) is 65.2 Å². The van der Waals surface area contributed by atoms with E-state index in [0.717, 1.165) is 17.3 Å². The van der Waals surface area contributed by atoms with Gasteiger partial charge in [-0.15, -0.1) is 0 Å². The Morgan fingerprint density at radius 2 is 1.89 bits per heavy atom. The van der Waals surface area contributed by atoms with Crippen molar-refractivity contribution in [1.82, 2.24) is 16.0 Å². The van der Waals surface area contributed by atoms with Crippen LogP contribution in [0.15, 0.2) is 0 Å². The number of rotatable bonds is 6. The van der Waals surface area contributed by atoms with E-state index in [1.165, 1.54) is 0 Å². The molecule has 0 spiro atoms. The third-order valence-corrected chi connectivity index (χ3v) is 5.07. The molecule has 0 radical (unpaired) electrons. The maximum Gasteiger partial charge on any atom is 0.322 e. The summed E-state index contributed by atoms with van der Waals surface area (Å²) < 4.78 is 0. The summed E-state index contributed by atoms with van der Waals surface area (Å²) in [6, 6.07) is -0.415. The number of hydrogen-bond donors (Lipinski definition) is 4. The molecule has 0 aromatic heterocycles. The maximum atomic E-state index is 11.4. The van der Waals surface area contributed by atoms with E-state index in [0.29, 0.717) is 11.8 Å². The second-order valence-electron chi connectivity index (χ2n) is 3.80. The summed E-state index contributed by atoms with van der Waals surface area (Å²) in [5.74, 6) is 1.61. The summed E-state index contributed by atoms with van der Waals surface area (Å²) in [4.78, 5) is 32.7. The van der Waals surface area contributed by atoms with Crippen LogP contribution in [-0.2, 0) is 9.59 Å². The minimum Gasteiger partial charge on any atom is -0.480 e. The summed E-state index contributed by atoms with van der Waals surface area (Å²) in [6.45, 7) is -0.107. The molecular weight excluding hydrogens is 290 g/mol. The molecular formula is C10H17N3O4S2. The highest BCUT2D eigenvalue weighted by Crippen LogP contribution is 2.23. The number of nitrogens with one attached hydrogen (secondary N) is 3. The van der Waals surface area contributed by atoms with Gasteiger partial charge in [-0.1, -0.05) is 0 Å². The average Bonchev–Trinajstić information content (AvgIpc) is 2.41. The molecule has 0 aliphatic carbocycles. The first-order chi connectivity index (χ1) is 9.08. The zero-order chi connectivity index (χ0) is 14.1. The van der Waals surface area contributed by atoms with Crippen LogP contribution in [0.5, 0.6) is 0 Å². The van der Waals surface area contributed by atoms with Crippen LogP contribution in [0, 0.1) is 0 Å². The summed E-state index contributed by atoms with van der Waals surface area (Å²) in [6.07, 6.45) is 0. The lowest BCUT2D eigenvalue weighted by Gasteiger charge is -2.21. The minimum atomic E-state index is -1.12. The van der Waals surface area contributed by atoms with Gasteiger partial charge < -0.3 is 21.1 Å². The van der Waals surface area contributed by atoms with Gasteiger partial charge in [0.2, 0.25) is 5.91 Å². The van der Waals surface area contributed by atoms with Crippen molar-refractivity contribution in [3.63, 3.8) is 0 Å². The Labute approximate surface area is 119 Å². The molecule has 9 heteroatoms. The second kappa shape index (κ2) is 8.92. The molecule has 1 heterocycles. The van der Waals surface area contributed by atoms with Crippen LogP contribution in [0.25, 0.3) is 0 Å². The van der Waals surface area contributed by atoms with Gasteiger partial charge in [0.1, 0.15) is 6.54 Å². The van der Waals surface area contributed by atoms with E-state index in [4.69, 9.17) is 5.11 Å². The van der Waals surface area contributed by atoms with Gasteiger partial charge in [-0.25, -0.2) is 4.79 Å².